The molecule has 0 fully saturated rings. The summed E-state index contributed by atoms with van der Waals surface area (Å²) in [4.78, 5) is 8.64. The van der Waals surface area contributed by atoms with Crippen LogP contribution in [0.5, 0.6) is 5.88 Å². The first-order chi connectivity index (χ1) is 11.3. The minimum Gasteiger partial charge on any atom is -0.448 e. The molecule has 0 bridgehead atoms. The maximum absolute atomic E-state index is 6.09. The van der Waals surface area contributed by atoms with Crippen LogP contribution in [-0.4, -0.2) is 26.4 Å². The van der Waals surface area contributed by atoms with Crippen LogP contribution in [0.3, 0.4) is 0 Å². The molecule has 1 aliphatic heterocycles. The number of pyridine rings is 1. The highest BCUT2D eigenvalue weighted by molar-refractivity contribution is 7.98. The van der Waals surface area contributed by atoms with E-state index in [0.29, 0.717) is 16.7 Å². The van der Waals surface area contributed by atoms with Crippen molar-refractivity contribution in [3.63, 3.8) is 0 Å². The SMILES string of the molecule is CSc1nnc2c(n1)O[C@@H](c1cccnc1)Nc1ccccc1-2. The topological polar surface area (TPSA) is 72.8 Å². The van der Waals surface area contributed by atoms with E-state index in [9.17, 15) is 0 Å². The van der Waals surface area contributed by atoms with Gasteiger partial charge >= 0.3 is 0 Å². The molecule has 1 aromatic carbocycles. The molecular formula is C16H13N5OS. The Bertz CT molecular complexity index is 843. The fourth-order valence-corrected chi connectivity index (χ4v) is 2.71. The van der Waals surface area contributed by atoms with Gasteiger partial charge in [0.2, 0.25) is 11.0 Å². The van der Waals surface area contributed by atoms with Crippen molar-refractivity contribution in [2.24, 2.45) is 0 Å². The Morgan fingerprint density at radius 2 is 2.04 bits per heavy atom. The van der Waals surface area contributed by atoms with Crippen molar-refractivity contribution in [3.05, 3.63) is 54.4 Å². The van der Waals surface area contributed by atoms with Gasteiger partial charge in [-0.25, -0.2) is 0 Å². The molecule has 0 amide bonds. The van der Waals surface area contributed by atoms with Gasteiger partial charge in [0.05, 0.1) is 0 Å². The summed E-state index contributed by atoms with van der Waals surface area (Å²) in [7, 11) is 0. The van der Waals surface area contributed by atoms with Crippen LogP contribution in [0.4, 0.5) is 5.69 Å². The molecule has 114 valence electrons. The van der Waals surface area contributed by atoms with Gasteiger partial charge in [0.1, 0.15) is 0 Å². The Morgan fingerprint density at radius 1 is 1.13 bits per heavy atom. The van der Waals surface area contributed by atoms with E-state index in [1.54, 1.807) is 12.4 Å². The van der Waals surface area contributed by atoms with E-state index in [4.69, 9.17) is 4.74 Å². The number of anilines is 1. The number of nitrogens with zero attached hydrogens (tertiary/aromatic N) is 4. The lowest BCUT2D eigenvalue weighted by Gasteiger charge is -2.18. The van der Waals surface area contributed by atoms with Gasteiger partial charge in [-0.3, -0.25) is 4.98 Å². The summed E-state index contributed by atoms with van der Waals surface area (Å²) in [6.07, 6.45) is 5.02. The molecule has 6 nitrogen and oxygen atoms in total. The lowest BCUT2D eigenvalue weighted by molar-refractivity contribution is 0.225. The quantitative estimate of drug-likeness (QED) is 0.726. The summed E-state index contributed by atoms with van der Waals surface area (Å²) in [5, 5.41) is 12.4. The Kier molecular flexibility index (Phi) is 3.55. The van der Waals surface area contributed by atoms with E-state index in [0.717, 1.165) is 16.8 Å². The fourth-order valence-electron chi connectivity index (χ4n) is 2.42. The maximum atomic E-state index is 6.09. The fraction of sp³-hybridized carbons (Fsp3) is 0.125. The second kappa shape index (κ2) is 5.85. The summed E-state index contributed by atoms with van der Waals surface area (Å²) >= 11 is 1.43. The number of nitrogens with one attached hydrogen (secondary N) is 1. The Morgan fingerprint density at radius 3 is 2.87 bits per heavy atom. The number of fused-ring (bicyclic) bond motifs is 3. The zero-order valence-electron chi connectivity index (χ0n) is 12.3. The lowest BCUT2D eigenvalue weighted by atomic mass is 10.1. The molecule has 0 radical (unpaired) electrons. The van der Waals surface area contributed by atoms with Crippen LogP contribution in [0.1, 0.15) is 11.8 Å². The second-order valence-electron chi connectivity index (χ2n) is 4.93. The molecule has 3 heterocycles. The van der Waals surface area contributed by atoms with Crippen LogP contribution in [0.15, 0.2) is 53.9 Å². The van der Waals surface area contributed by atoms with Gasteiger partial charge in [0, 0.05) is 29.2 Å². The van der Waals surface area contributed by atoms with E-state index >= 15 is 0 Å². The van der Waals surface area contributed by atoms with Gasteiger partial charge in [-0.1, -0.05) is 36.0 Å². The minimum atomic E-state index is -0.391. The van der Waals surface area contributed by atoms with Crippen molar-refractivity contribution in [2.75, 3.05) is 11.6 Å². The molecule has 1 aliphatic rings. The van der Waals surface area contributed by atoms with E-state index in [1.165, 1.54) is 11.8 Å². The monoisotopic (exact) mass is 323 g/mol. The molecule has 1 N–H and O–H groups in total. The first-order valence-electron chi connectivity index (χ1n) is 7.06. The number of rotatable bonds is 2. The van der Waals surface area contributed by atoms with Crippen LogP contribution in [0.2, 0.25) is 0 Å². The predicted octanol–water partition coefficient (Wildman–Crippen LogP) is 3.16. The number of hydrogen-bond donors (Lipinski definition) is 1. The van der Waals surface area contributed by atoms with E-state index in [1.807, 2.05) is 42.7 Å². The molecule has 0 saturated carbocycles. The molecule has 0 spiro atoms. The third-order valence-corrected chi connectivity index (χ3v) is 4.04. The summed E-state index contributed by atoms with van der Waals surface area (Å²) in [6.45, 7) is 0. The molecular weight excluding hydrogens is 310 g/mol. The van der Waals surface area contributed by atoms with Crippen LogP contribution < -0.4 is 10.1 Å². The lowest BCUT2D eigenvalue weighted by Crippen LogP contribution is -2.17. The standard InChI is InChI=1S/C16H13N5OS/c1-23-16-19-15-13(20-21-16)11-6-2-3-7-12(11)18-14(22-15)10-5-4-8-17-9-10/h2-9,14,18H,1H3/t14-/m0/s1. The number of thioether (sulfide) groups is 1. The van der Waals surface area contributed by atoms with E-state index in [2.05, 4.69) is 25.5 Å². The predicted molar refractivity (Wildman–Crippen MR) is 88.3 cm³/mol. The summed E-state index contributed by atoms with van der Waals surface area (Å²) in [6, 6.07) is 11.7. The van der Waals surface area contributed by atoms with Crippen LogP contribution in [0, 0.1) is 0 Å². The summed E-state index contributed by atoms with van der Waals surface area (Å²) < 4.78 is 6.09. The van der Waals surface area contributed by atoms with Gasteiger partial charge in [0.15, 0.2) is 11.9 Å². The summed E-state index contributed by atoms with van der Waals surface area (Å²) in [5.74, 6) is 0.468. The maximum Gasteiger partial charge on any atom is 0.247 e. The summed E-state index contributed by atoms with van der Waals surface area (Å²) in [5.41, 5.74) is 3.39. The molecule has 1 atom stereocenters. The Balaban J connectivity index is 1.87. The third kappa shape index (κ3) is 2.59. The van der Waals surface area contributed by atoms with Crippen molar-refractivity contribution >= 4 is 17.4 Å². The van der Waals surface area contributed by atoms with Gasteiger partial charge in [-0.2, -0.15) is 4.98 Å². The first kappa shape index (κ1) is 14.0. The van der Waals surface area contributed by atoms with E-state index in [-0.39, 0.29) is 0 Å². The molecule has 0 unspecified atom stereocenters. The highest BCUT2D eigenvalue weighted by atomic mass is 32.2. The van der Waals surface area contributed by atoms with Crippen molar-refractivity contribution in [2.45, 2.75) is 11.4 Å². The van der Waals surface area contributed by atoms with Crippen LogP contribution in [-0.2, 0) is 0 Å². The zero-order valence-corrected chi connectivity index (χ0v) is 13.1. The molecule has 3 aromatic rings. The second-order valence-corrected chi connectivity index (χ2v) is 5.70. The van der Waals surface area contributed by atoms with Crippen LogP contribution in [0.25, 0.3) is 11.3 Å². The number of benzene rings is 1. The normalized spacial score (nSPS) is 15.6. The average Bonchev–Trinajstić information content (AvgIpc) is 2.78. The van der Waals surface area contributed by atoms with Crippen molar-refractivity contribution < 1.29 is 4.74 Å². The minimum absolute atomic E-state index is 0.391. The smallest absolute Gasteiger partial charge is 0.247 e. The third-order valence-electron chi connectivity index (χ3n) is 3.50. The Labute approximate surface area is 137 Å². The van der Waals surface area contributed by atoms with Crippen molar-refractivity contribution in [3.8, 4) is 17.1 Å². The number of aromatic nitrogens is 4. The molecule has 0 saturated heterocycles. The van der Waals surface area contributed by atoms with E-state index < -0.39 is 6.23 Å². The zero-order chi connectivity index (χ0) is 15.6. The van der Waals surface area contributed by atoms with Crippen molar-refractivity contribution in [1.29, 1.82) is 0 Å². The molecule has 7 heteroatoms. The van der Waals surface area contributed by atoms with Crippen molar-refractivity contribution in [1.82, 2.24) is 20.2 Å². The molecule has 4 rings (SSSR count). The molecule has 23 heavy (non-hydrogen) atoms. The van der Waals surface area contributed by atoms with Gasteiger partial charge in [-0.15, -0.1) is 10.2 Å². The van der Waals surface area contributed by atoms with Crippen LogP contribution >= 0.6 is 11.8 Å². The van der Waals surface area contributed by atoms with Gasteiger partial charge in [-0.05, 0) is 18.4 Å². The number of para-hydroxylation sites is 1. The number of ether oxygens (including phenoxy) is 1. The van der Waals surface area contributed by atoms with Gasteiger partial charge < -0.3 is 10.1 Å². The first-order valence-corrected chi connectivity index (χ1v) is 8.29. The largest absolute Gasteiger partial charge is 0.448 e. The average molecular weight is 323 g/mol. The van der Waals surface area contributed by atoms with Gasteiger partial charge in [0.25, 0.3) is 0 Å². The Hall–Kier alpha value is -2.67. The highest BCUT2D eigenvalue weighted by Gasteiger charge is 2.25. The number of hydrogen-bond acceptors (Lipinski definition) is 7. The molecule has 2 aromatic heterocycles. The molecule has 0 aliphatic carbocycles. The highest BCUT2D eigenvalue weighted by Crippen LogP contribution is 2.39.